The molecule has 1 amide bonds. The zero-order chi connectivity index (χ0) is 13.7. The fourth-order valence-electron chi connectivity index (χ4n) is 1.39. The third-order valence-electron chi connectivity index (χ3n) is 2.46. The molecule has 1 aromatic carbocycles. The Bertz CT molecular complexity index is 540. The number of nitrogens with zero attached hydrogens (tertiary/aromatic N) is 3. The van der Waals surface area contributed by atoms with Crippen molar-refractivity contribution in [2.45, 2.75) is 11.6 Å². The summed E-state index contributed by atoms with van der Waals surface area (Å²) in [6.45, 7) is 0. The summed E-state index contributed by atoms with van der Waals surface area (Å²) in [5, 5.41) is 8.32. The van der Waals surface area contributed by atoms with Gasteiger partial charge < -0.3 is 9.32 Å². The van der Waals surface area contributed by atoms with Crippen LogP contribution in [0.4, 0.5) is 0 Å². The normalized spacial score (nSPS) is 10.4. The summed E-state index contributed by atoms with van der Waals surface area (Å²) in [5.41, 5.74) is 1.12. The van der Waals surface area contributed by atoms with Crippen LogP contribution in [0, 0.1) is 0 Å². The summed E-state index contributed by atoms with van der Waals surface area (Å²) in [6.07, 6.45) is 0.607. The first-order valence-corrected chi connectivity index (χ1v) is 6.83. The van der Waals surface area contributed by atoms with Gasteiger partial charge in [0, 0.05) is 14.1 Å². The number of aromatic nitrogens is 2. The molecular weight excluding hydrogens is 262 g/mol. The second-order valence-corrected chi connectivity index (χ2v) is 5.13. The Morgan fingerprint density at radius 3 is 2.68 bits per heavy atom. The first-order valence-electron chi connectivity index (χ1n) is 5.84. The van der Waals surface area contributed by atoms with Gasteiger partial charge in [0.05, 0.1) is 12.2 Å². The predicted molar refractivity (Wildman–Crippen MR) is 73.0 cm³/mol. The van der Waals surface area contributed by atoms with Crippen molar-refractivity contribution in [3.8, 4) is 0 Å². The summed E-state index contributed by atoms with van der Waals surface area (Å²) in [7, 11) is 3.44. The van der Waals surface area contributed by atoms with Gasteiger partial charge in [0.25, 0.3) is 5.22 Å². The summed E-state index contributed by atoms with van der Waals surface area (Å²) >= 11 is 1.26. The van der Waals surface area contributed by atoms with Crippen LogP contribution in [0.15, 0.2) is 40.0 Å². The van der Waals surface area contributed by atoms with Crippen molar-refractivity contribution in [2.24, 2.45) is 0 Å². The molecule has 0 aliphatic heterocycles. The van der Waals surface area contributed by atoms with Crippen LogP contribution in [-0.2, 0) is 11.2 Å². The largest absolute Gasteiger partial charge is 0.416 e. The van der Waals surface area contributed by atoms with Crippen LogP contribution >= 0.6 is 11.8 Å². The monoisotopic (exact) mass is 277 g/mol. The molecule has 6 heteroatoms. The molecule has 1 heterocycles. The lowest BCUT2D eigenvalue weighted by molar-refractivity contribution is -0.125. The third kappa shape index (κ3) is 4.10. The van der Waals surface area contributed by atoms with Crippen molar-refractivity contribution in [2.75, 3.05) is 19.8 Å². The van der Waals surface area contributed by atoms with Crippen LogP contribution in [-0.4, -0.2) is 40.9 Å². The molecule has 0 saturated carbocycles. The van der Waals surface area contributed by atoms with E-state index in [9.17, 15) is 4.79 Å². The molecule has 0 spiro atoms. The lowest BCUT2D eigenvalue weighted by atomic mass is 10.2. The number of hydrogen-bond donors (Lipinski definition) is 0. The minimum Gasteiger partial charge on any atom is -0.416 e. The molecule has 19 heavy (non-hydrogen) atoms. The van der Waals surface area contributed by atoms with Gasteiger partial charge in [0.2, 0.25) is 11.8 Å². The number of rotatable bonds is 5. The highest BCUT2D eigenvalue weighted by Gasteiger charge is 2.10. The predicted octanol–water partition coefficient (Wildman–Crippen LogP) is 1.84. The Morgan fingerprint density at radius 2 is 2.00 bits per heavy atom. The second kappa shape index (κ2) is 6.38. The Hall–Kier alpha value is -1.82. The minimum atomic E-state index is 0.0211. The molecule has 1 aromatic heterocycles. The van der Waals surface area contributed by atoms with E-state index >= 15 is 0 Å². The van der Waals surface area contributed by atoms with Crippen LogP contribution in [0.5, 0.6) is 0 Å². The average molecular weight is 277 g/mol. The van der Waals surface area contributed by atoms with E-state index in [-0.39, 0.29) is 5.91 Å². The fourth-order valence-corrected chi connectivity index (χ4v) is 2.15. The topological polar surface area (TPSA) is 59.2 Å². The van der Waals surface area contributed by atoms with Gasteiger partial charge in [-0.05, 0) is 5.56 Å². The molecule has 100 valence electrons. The second-order valence-electron chi connectivity index (χ2n) is 4.20. The van der Waals surface area contributed by atoms with E-state index in [1.54, 1.807) is 14.1 Å². The van der Waals surface area contributed by atoms with Crippen molar-refractivity contribution in [3.63, 3.8) is 0 Å². The smallest absolute Gasteiger partial charge is 0.277 e. The van der Waals surface area contributed by atoms with Crippen LogP contribution in [0.2, 0.25) is 0 Å². The number of carbonyl (C=O) groups is 1. The molecule has 2 rings (SSSR count). The molecule has 0 unspecified atom stereocenters. The van der Waals surface area contributed by atoms with Crippen LogP contribution in [0.25, 0.3) is 0 Å². The fraction of sp³-hybridized carbons (Fsp3) is 0.308. The van der Waals surface area contributed by atoms with Crippen molar-refractivity contribution in [1.29, 1.82) is 0 Å². The van der Waals surface area contributed by atoms with E-state index in [0.29, 0.717) is 23.3 Å². The summed E-state index contributed by atoms with van der Waals surface area (Å²) < 4.78 is 5.49. The van der Waals surface area contributed by atoms with Crippen molar-refractivity contribution >= 4 is 17.7 Å². The molecule has 0 aliphatic rings. The van der Waals surface area contributed by atoms with E-state index in [4.69, 9.17) is 4.42 Å². The van der Waals surface area contributed by atoms with Crippen molar-refractivity contribution in [1.82, 2.24) is 15.1 Å². The Labute approximate surface area is 116 Å². The van der Waals surface area contributed by atoms with Crippen molar-refractivity contribution in [3.05, 3.63) is 41.8 Å². The standard InChI is InChI=1S/C13H15N3O2S/c1-16(2)12(17)9-19-13-15-14-11(18-13)8-10-6-4-3-5-7-10/h3-7H,8-9H2,1-2H3. The Balaban J connectivity index is 1.91. The Morgan fingerprint density at radius 1 is 1.26 bits per heavy atom. The average Bonchev–Trinajstić information content (AvgIpc) is 2.84. The lowest BCUT2D eigenvalue weighted by Crippen LogP contribution is -2.23. The molecular formula is C13H15N3O2S. The zero-order valence-electron chi connectivity index (χ0n) is 10.9. The van der Waals surface area contributed by atoms with Gasteiger partial charge in [0.1, 0.15) is 0 Å². The number of amides is 1. The van der Waals surface area contributed by atoms with Crippen LogP contribution < -0.4 is 0 Å². The van der Waals surface area contributed by atoms with Gasteiger partial charge in [0.15, 0.2) is 0 Å². The van der Waals surface area contributed by atoms with Gasteiger partial charge in [-0.2, -0.15) is 0 Å². The first kappa shape index (κ1) is 13.6. The third-order valence-corrected chi connectivity index (χ3v) is 3.27. The van der Waals surface area contributed by atoms with E-state index in [2.05, 4.69) is 10.2 Å². The van der Waals surface area contributed by atoms with E-state index in [1.807, 2.05) is 30.3 Å². The molecule has 0 N–H and O–H groups in total. The van der Waals surface area contributed by atoms with Crippen LogP contribution in [0.3, 0.4) is 0 Å². The molecule has 0 atom stereocenters. The zero-order valence-corrected chi connectivity index (χ0v) is 11.7. The van der Waals surface area contributed by atoms with Gasteiger partial charge in [-0.1, -0.05) is 42.1 Å². The van der Waals surface area contributed by atoms with E-state index in [0.717, 1.165) is 5.56 Å². The van der Waals surface area contributed by atoms with Gasteiger partial charge in [-0.25, -0.2) is 0 Å². The summed E-state index contributed by atoms with van der Waals surface area (Å²) in [4.78, 5) is 13.0. The maximum atomic E-state index is 11.4. The first-order chi connectivity index (χ1) is 9.15. The highest BCUT2D eigenvalue weighted by molar-refractivity contribution is 7.99. The highest BCUT2D eigenvalue weighted by Crippen LogP contribution is 2.17. The maximum Gasteiger partial charge on any atom is 0.277 e. The highest BCUT2D eigenvalue weighted by atomic mass is 32.2. The molecule has 0 fully saturated rings. The molecule has 0 radical (unpaired) electrons. The molecule has 2 aromatic rings. The molecule has 5 nitrogen and oxygen atoms in total. The van der Waals surface area contributed by atoms with E-state index in [1.165, 1.54) is 16.7 Å². The molecule has 0 saturated heterocycles. The number of carbonyl (C=O) groups excluding carboxylic acids is 1. The summed E-state index contributed by atoms with van der Waals surface area (Å²) in [5.74, 6) is 0.888. The van der Waals surface area contributed by atoms with E-state index < -0.39 is 0 Å². The summed E-state index contributed by atoms with van der Waals surface area (Å²) in [6, 6.07) is 9.92. The minimum absolute atomic E-state index is 0.0211. The van der Waals surface area contributed by atoms with Crippen LogP contribution in [0.1, 0.15) is 11.5 Å². The Kier molecular flexibility index (Phi) is 4.57. The van der Waals surface area contributed by atoms with Gasteiger partial charge >= 0.3 is 0 Å². The quantitative estimate of drug-likeness (QED) is 0.780. The van der Waals surface area contributed by atoms with Gasteiger partial charge in [-0.3, -0.25) is 4.79 Å². The number of benzene rings is 1. The maximum absolute atomic E-state index is 11.4. The molecule has 0 aliphatic carbocycles. The number of hydrogen-bond acceptors (Lipinski definition) is 5. The van der Waals surface area contributed by atoms with Gasteiger partial charge in [-0.15, -0.1) is 10.2 Å². The molecule has 0 bridgehead atoms. The lowest BCUT2D eigenvalue weighted by Gasteiger charge is -2.07. The SMILES string of the molecule is CN(C)C(=O)CSc1nnc(Cc2ccccc2)o1. The van der Waals surface area contributed by atoms with Crippen molar-refractivity contribution < 1.29 is 9.21 Å². The number of thioether (sulfide) groups is 1.